The lowest BCUT2D eigenvalue weighted by Gasteiger charge is -2.12. The maximum absolute atomic E-state index is 5.79. The molecule has 25 heavy (non-hydrogen) atoms. The molecular weight excluding hydrogens is 334 g/mol. The summed E-state index contributed by atoms with van der Waals surface area (Å²) in [5, 5.41) is 6.04. The van der Waals surface area contributed by atoms with Gasteiger partial charge in [-0.1, -0.05) is 20.8 Å². The van der Waals surface area contributed by atoms with Gasteiger partial charge in [0.2, 0.25) is 5.89 Å². The van der Waals surface area contributed by atoms with Crippen LogP contribution in [0.15, 0.2) is 40.4 Å². The minimum absolute atomic E-state index is 0.0557. The van der Waals surface area contributed by atoms with Crippen LogP contribution in [-0.2, 0) is 5.41 Å². The standard InChI is InChI=1S/C19H21N3O2S/c1-19(2,3)16-12-21-17(24-16)6-5-13-9-14(11-15(10-13)23-4)22-18-20-7-8-25-18/h5-12H,1-4H3,(H,20,22). The smallest absolute Gasteiger partial charge is 0.218 e. The summed E-state index contributed by atoms with van der Waals surface area (Å²) in [4.78, 5) is 8.55. The van der Waals surface area contributed by atoms with Crippen LogP contribution >= 0.6 is 11.3 Å². The van der Waals surface area contributed by atoms with Gasteiger partial charge in [-0.25, -0.2) is 9.97 Å². The topological polar surface area (TPSA) is 60.2 Å². The molecule has 0 bridgehead atoms. The molecule has 0 saturated carbocycles. The number of hydrogen-bond acceptors (Lipinski definition) is 6. The van der Waals surface area contributed by atoms with E-state index >= 15 is 0 Å². The van der Waals surface area contributed by atoms with Crippen LogP contribution in [0.25, 0.3) is 12.2 Å². The number of ether oxygens (including phenoxy) is 1. The highest BCUT2D eigenvalue weighted by Gasteiger charge is 2.18. The Bertz CT molecular complexity index is 861. The van der Waals surface area contributed by atoms with Crippen molar-refractivity contribution in [3.8, 4) is 5.75 Å². The van der Waals surface area contributed by atoms with Gasteiger partial charge in [0.25, 0.3) is 0 Å². The monoisotopic (exact) mass is 355 g/mol. The molecule has 0 saturated heterocycles. The molecule has 0 fully saturated rings. The van der Waals surface area contributed by atoms with Gasteiger partial charge >= 0.3 is 0 Å². The molecule has 0 aliphatic carbocycles. The third-order valence-corrected chi connectivity index (χ3v) is 4.22. The first kappa shape index (κ1) is 17.2. The Labute approximate surface area is 151 Å². The van der Waals surface area contributed by atoms with E-state index in [2.05, 4.69) is 36.1 Å². The molecule has 2 heterocycles. The number of hydrogen-bond donors (Lipinski definition) is 1. The predicted octanol–water partition coefficient (Wildman–Crippen LogP) is 5.35. The van der Waals surface area contributed by atoms with Crippen molar-refractivity contribution >= 4 is 34.3 Å². The lowest BCUT2D eigenvalue weighted by Crippen LogP contribution is -2.09. The Morgan fingerprint density at radius 1 is 1.16 bits per heavy atom. The number of anilines is 2. The summed E-state index contributed by atoms with van der Waals surface area (Å²) in [6.07, 6.45) is 7.36. The summed E-state index contributed by atoms with van der Waals surface area (Å²) in [5.41, 5.74) is 1.84. The zero-order valence-electron chi connectivity index (χ0n) is 14.7. The molecule has 0 radical (unpaired) electrons. The molecule has 0 aliphatic heterocycles. The van der Waals surface area contributed by atoms with Gasteiger partial charge in [0.15, 0.2) is 5.13 Å². The van der Waals surface area contributed by atoms with Crippen molar-refractivity contribution in [1.82, 2.24) is 9.97 Å². The van der Waals surface area contributed by atoms with Crippen LogP contribution in [0, 0.1) is 0 Å². The van der Waals surface area contributed by atoms with E-state index in [-0.39, 0.29) is 5.41 Å². The summed E-state index contributed by atoms with van der Waals surface area (Å²) in [7, 11) is 1.65. The van der Waals surface area contributed by atoms with Crippen LogP contribution < -0.4 is 10.1 Å². The molecule has 6 heteroatoms. The summed E-state index contributed by atoms with van der Waals surface area (Å²) in [6, 6.07) is 5.91. The second-order valence-electron chi connectivity index (χ2n) is 6.60. The SMILES string of the molecule is COc1cc(C=Cc2ncc(C(C)(C)C)o2)cc(Nc2nccs2)c1. The Kier molecular flexibility index (Phi) is 4.90. The van der Waals surface area contributed by atoms with Crippen molar-refractivity contribution in [1.29, 1.82) is 0 Å². The van der Waals surface area contributed by atoms with E-state index in [0.29, 0.717) is 5.89 Å². The van der Waals surface area contributed by atoms with E-state index in [4.69, 9.17) is 9.15 Å². The van der Waals surface area contributed by atoms with Gasteiger partial charge < -0.3 is 14.5 Å². The number of oxazole rings is 1. The average molecular weight is 355 g/mol. The number of rotatable bonds is 5. The molecule has 0 spiro atoms. The van der Waals surface area contributed by atoms with Gasteiger partial charge in [-0.05, 0) is 23.8 Å². The van der Waals surface area contributed by atoms with Gasteiger partial charge in [0, 0.05) is 34.8 Å². The molecule has 0 unspecified atom stereocenters. The zero-order valence-corrected chi connectivity index (χ0v) is 15.6. The number of aromatic nitrogens is 2. The highest BCUT2D eigenvalue weighted by atomic mass is 32.1. The Morgan fingerprint density at radius 2 is 2.00 bits per heavy atom. The third kappa shape index (κ3) is 4.48. The second kappa shape index (κ2) is 7.11. The van der Waals surface area contributed by atoms with Gasteiger partial charge in [-0.3, -0.25) is 0 Å². The third-order valence-electron chi connectivity index (χ3n) is 3.53. The Balaban J connectivity index is 1.82. The van der Waals surface area contributed by atoms with Gasteiger partial charge in [-0.2, -0.15) is 0 Å². The number of nitrogens with one attached hydrogen (secondary N) is 1. The Morgan fingerprint density at radius 3 is 2.64 bits per heavy atom. The van der Waals surface area contributed by atoms with Gasteiger partial charge in [-0.15, -0.1) is 11.3 Å². The second-order valence-corrected chi connectivity index (χ2v) is 7.50. The van der Waals surface area contributed by atoms with Crippen LogP contribution in [0.3, 0.4) is 0 Å². The van der Waals surface area contributed by atoms with Crippen LogP contribution in [0.2, 0.25) is 0 Å². The fourth-order valence-electron chi connectivity index (χ4n) is 2.20. The van der Waals surface area contributed by atoms with Crippen molar-refractivity contribution < 1.29 is 9.15 Å². The van der Waals surface area contributed by atoms with Crippen molar-refractivity contribution in [2.75, 3.05) is 12.4 Å². The number of benzene rings is 1. The van der Waals surface area contributed by atoms with Crippen LogP contribution in [-0.4, -0.2) is 17.1 Å². The van der Waals surface area contributed by atoms with E-state index in [1.54, 1.807) is 30.8 Å². The van der Waals surface area contributed by atoms with Gasteiger partial charge in [0.1, 0.15) is 11.5 Å². The van der Waals surface area contributed by atoms with Crippen molar-refractivity contribution in [2.45, 2.75) is 26.2 Å². The average Bonchev–Trinajstić information content (AvgIpc) is 3.23. The largest absolute Gasteiger partial charge is 0.497 e. The molecule has 0 amide bonds. The molecule has 1 aromatic carbocycles. The highest BCUT2D eigenvalue weighted by molar-refractivity contribution is 7.13. The molecule has 5 nitrogen and oxygen atoms in total. The van der Waals surface area contributed by atoms with E-state index in [0.717, 1.165) is 27.9 Å². The fourth-order valence-corrected chi connectivity index (χ4v) is 2.75. The molecule has 130 valence electrons. The van der Waals surface area contributed by atoms with Gasteiger partial charge in [0.05, 0.1) is 13.3 Å². The predicted molar refractivity (Wildman–Crippen MR) is 103 cm³/mol. The normalized spacial score (nSPS) is 11.8. The summed E-state index contributed by atoms with van der Waals surface area (Å²) in [6.45, 7) is 6.29. The lowest BCUT2D eigenvalue weighted by atomic mass is 9.94. The Hall–Kier alpha value is -2.60. The summed E-state index contributed by atoms with van der Waals surface area (Å²) >= 11 is 1.55. The van der Waals surface area contributed by atoms with E-state index in [9.17, 15) is 0 Å². The van der Waals surface area contributed by atoms with E-state index in [1.165, 1.54) is 0 Å². The van der Waals surface area contributed by atoms with Crippen molar-refractivity contribution in [3.05, 3.63) is 53.2 Å². The first-order chi connectivity index (χ1) is 11.9. The molecule has 0 aliphatic rings. The first-order valence-corrected chi connectivity index (χ1v) is 8.82. The molecule has 0 atom stereocenters. The van der Waals surface area contributed by atoms with Crippen LogP contribution in [0.1, 0.15) is 38.0 Å². The van der Waals surface area contributed by atoms with Crippen molar-refractivity contribution in [3.63, 3.8) is 0 Å². The molecular formula is C19H21N3O2S. The lowest BCUT2D eigenvalue weighted by molar-refractivity contribution is 0.403. The quantitative estimate of drug-likeness (QED) is 0.668. The molecule has 1 N–H and O–H groups in total. The zero-order chi connectivity index (χ0) is 17.9. The minimum atomic E-state index is -0.0557. The number of methoxy groups -OCH3 is 1. The maximum atomic E-state index is 5.79. The summed E-state index contributed by atoms with van der Waals surface area (Å²) in [5.74, 6) is 2.22. The fraction of sp³-hybridized carbons (Fsp3) is 0.263. The van der Waals surface area contributed by atoms with Crippen LogP contribution in [0.4, 0.5) is 10.8 Å². The highest BCUT2D eigenvalue weighted by Crippen LogP contribution is 2.27. The van der Waals surface area contributed by atoms with Crippen molar-refractivity contribution in [2.24, 2.45) is 0 Å². The molecule has 2 aromatic heterocycles. The molecule has 3 rings (SSSR count). The number of nitrogens with zero attached hydrogens (tertiary/aromatic N) is 2. The van der Waals surface area contributed by atoms with E-state index < -0.39 is 0 Å². The maximum Gasteiger partial charge on any atom is 0.218 e. The van der Waals surface area contributed by atoms with Crippen LogP contribution in [0.5, 0.6) is 5.75 Å². The summed E-state index contributed by atoms with van der Waals surface area (Å²) < 4.78 is 11.2. The minimum Gasteiger partial charge on any atom is -0.497 e. The first-order valence-electron chi connectivity index (χ1n) is 7.94. The molecule has 3 aromatic rings. The number of thiazole rings is 1. The van der Waals surface area contributed by atoms with E-state index in [1.807, 2.05) is 35.7 Å².